The third-order valence-electron chi connectivity index (χ3n) is 3.24. The highest BCUT2D eigenvalue weighted by Gasteiger charge is 2.29. The molecule has 0 saturated heterocycles. The van der Waals surface area contributed by atoms with Crippen molar-refractivity contribution in [3.63, 3.8) is 0 Å². The second-order valence-corrected chi connectivity index (χ2v) is 4.67. The number of hydrogen-bond acceptors (Lipinski definition) is 4. The Morgan fingerprint density at radius 2 is 2.33 bits per heavy atom. The molecule has 1 fully saturated rings. The average Bonchev–Trinajstić information content (AvgIpc) is 3.22. The Hall–Kier alpha value is -1.57. The molecule has 1 saturated carbocycles. The van der Waals surface area contributed by atoms with Crippen molar-refractivity contribution in [3.05, 3.63) is 29.3 Å². The largest absolute Gasteiger partial charge is 0.496 e. The molecule has 0 amide bonds. The van der Waals surface area contributed by atoms with Crippen molar-refractivity contribution in [2.45, 2.75) is 25.5 Å². The van der Waals surface area contributed by atoms with Crippen molar-refractivity contribution in [3.8, 4) is 11.8 Å². The minimum atomic E-state index is -0.254. The molecule has 2 N–H and O–H groups in total. The summed E-state index contributed by atoms with van der Waals surface area (Å²) >= 11 is 0. The lowest BCUT2D eigenvalue weighted by atomic mass is 10.1. The molecule has 0 spiro atoms. The van der Waals surface area contributed by atoms with Crippen LogP contribution in [0.4, 0.5) is 0 Å². The van der Waals surface area contributed by atoms with Gasteiger partial charge in [-0.15, -0.1) is 0 Å². The Balaban J connectivity index is 1.92. The number of hydrogen-bond donors (Lipinski definition) is 2. The number of benzene rings is 1. The molecule has 4 heteroatoms. The molecule has 0 aromatic heterocycles. The van der Waals surface area contributed by atoms with Gasteiger partial charge in [-0.1, -0.05) is 0 Å². The number of rotatable bonds is 6. The first-order valence-corrected chi connectivity index (χ1v) is 6.20. The van der Waals surface area contributed by atoms with Gasteiger partial charge in [0.25, 0.3) is 0 Å². The molecular weight excluding hydrogens is 228 g/mol. The first-order valence-electron chi connectivity index (χ1n) is 6.20. The lowest BCUT2D eigenvalue weighted by Crippen LogP contribution is -2.28. The molecule has 96 valence electrons. The molecule has 0 heterocycles. The number of nitrogens with one attached hydrogen (secondary N) is 1. The predicted molar refractivity (Wildman–Crippen MR) is 68.1 cm³/mol. The van der Waals surface area contributed by atoms with Crippen LogP contribution in [0.3, 0.4) is 0 Å². The molecule has 1 atom stereocenters. The van der Waals surface area contributed by atoms with Crippen molar-refractivity contribution in [1.29, 1.82) is 5.26 Å². The van der Waals surface area contributed by atoms with E-state index in [9.17, 15) is 5.11 Å². The van der Waals surface area contributed by atoms with E-state index in [0.29, 0.717) is 24.6 Å². The van der Waals surface area contributed by atoms with E-state index >= 15 is 0 Å². The van der Waals surface area contributed by atoms with E-state index in [0.717, 1.165) is 24.2 Å². The van der Waals surface area contributed by atoms with Gasteiger partial charge in [0.1, 0.15) is 5.75 Å². The minimum Gasteiger partial charge on any atom is -0.496 e. The van der Waals surface area contributed by atoms with Crippen LogP contribution in [0.2, 0.25) is 0 Å². The van der Waals surface area contributed by atoms with Gasteiger partial charge in [0.2, 0.25) is 0 Å². The summed E-state index contributed by atoms with van der Waals surface area (Å²) in [5.74, 6) is 1.24. The van der Waals surface area contributed by atoms with Crippen molar-refractivity contribution in [1.82, 2.24) is 5.32 Å². The van der Waals surface area contributed by atoms with E-state index in [1.807, 2.05) is 6.07 Å². The molecule has 1 aromatic rings. The summed E-state index contributed by atoms with van der Waals surface area (Å²) in [6.45, 7) is 1.19. The maximum absolute atomic E-state index is 9.75. The second kappa shape index (κ2) is 5.85. The normalized spacial score (nSPS) is 16.1. The summed E-state index contributed by atoms with van der Waals surface area (Å²) in [5.41, 5.74) is 1.56. The van der Waals surface area contributed by atoms with E-state index in [1.54, 1.807) is 19.2 Å². The molecule has 1 aromatic carbocycles. The van der Waals surface area contributed by atoms with Crippen molar-refractivity contribution < 1.29 is 9.84 Å². The van der Waals surface area contributed by atoms with E-state index in [2.05, 4.69) is 11.4 Å². The highest BCUT2D eigenvalue weighted by molar-refractivity contribution is 5.41. The summed E-state index contributed by atoms with van der Waals surface area (Å²) in [7, 11) is 1.62. The van der Waals surface area contributed by atoms with Gasteiger partial charge in [-0.3, -0.25) is 0 Å². The van der Waals surface area contributed by atoms with Gasteiger partial charge >= 0.3 is 0 Å². The van der Waals surface area contributed by atoms with E-state index in [1.165, 1.54) is 0 Å². The first-order chi connectivity index (χ1) is 8.74. The fraction of sp³-hybridized carbons (Fsp3) is 0.500. The van der Waals surface area contributed by atoms with Crippen molar-refractivity contribution in [2.24, 2.45) is 5.92 Å². The van der Waals surface area contributed by atoms with Crippen molar-refractivity contribution >= 4 is 0 Å². The van der Waals surface area contributed by atoms with Gasteiger partial charge in [0.15, 0.2) is 0 Å². The van der Waals surface area contributed by atoms with Crippen LogP contribution in [0.1, 0.15) is 24.0 Å². The molecule has 1 aliphatic carbocycles. The van der Waals surface area contributed by atoms with E-state index < -0.39 is 0 Å². The number of ether oxygens (including phenoxy) is 1. The Labute approximate surface area is 107 Å². The Morgan fingerprint density at radius 1 is 1.56 bits per heavy atom. The third kappa shape index (κ3) is 3.22. The van der Waals surface area contributed by atoms with Gasteiger partial charge in [0.05, 0.1) is 24.8 Å². The zero-order valence-electron chi connectivity index (χ0n) is 10.5. The van der Waals surface area contributed by atoms with Gasteiger partial charge in [-0.05, 0) is 37.0 Å². The number of aliphatic hydroxyl groups is 1. The van der Waals surface area contributed by atoms with Crippen molar-refractivity contribution in [2.75, 3.05) is 13.7 Å². The van der Waals surface area contributed by atoms with E-state index in [4.69, 9.17) is 10.00 Å². The predicted octanol–water partition coefficient (Wildman–Crippen LogP) is 1.43. The van der Waals surface area contributed by atoms with E-state index in [-0.39, 0.29) is 6.10 Å². The highest BCUT2D eigenvalue weighted by atomic mass is 16.5. The summed E-state index contributed by atoms with van der Waals surface area (Å²) in [6, 6.07) is 7.46. The maximum Gasteiger partial charge on any atom is 0.123 e. The highest BCUT2D eigenvalue weighted by Crippen LogP contribution is 2.32. The van der Waals surface area contributed by atoms with Gasteiger partial charge in [-0.25, -0.2) is 0 Å². The monoisotopic (exact) mass is 246 g/mol. The zero-order chi connectivity index (χ0) is 13.0. The van der Waals surface area contributed by atoms with Crippen LogP contribution in [0.25, 0.3) is 0 Å². The second-order valence-electron chi connectivity index (χ2n) is 4.67. The average molecular weight is 246 g/mol. The van der Waals surface area contributed by atoms with Crippen LogP contribution in [0, 0.1) is 17.2 Å². The number of methoxy groups -OCH3 is 1. The fourth-order valence-corrected chi connectivity index (χ4v) is 1.99. The topological polar surface area (TPSA) is 65.3 Å². The van der Waals surface area contributed by atoms with Crippen LogP contribution in [-0.2, 0) is 6.54 Å². The van der Waals surface area contributed by atoms with Crippen LogP contribution in [0.15, 0.2) is 18.2 Å². The molecule has 1 aliphatic rings. The molecule has 0 bridgehead atoms. The molecular formula is C14H18N2O2. The fourth-order valence-electron chi connectivity index (χ4n) is 1.99. The van der Waals surface area contributed by atoms with Gasteiger partial charge < -0.3 is 15.2 Å². The maximum atomic E-state index is 9.75. The summed E-state index contributed by atoms with van der Waals surface area (Å²) in [6.07, 6.45) is 2.02. The number of nitrogens with zero attached hydrogens (tertiary/aromatic N) is 1. The molecule has 18 heavy (non-hydrogen) atoms. The van der Waals surface area contributed by atoms with Gasteiger partial charge in [-0.2, -0.15) is 5.26 Å². The third-order valence-corrected chi connectivity index (χ3v) is 3.24. The lowest BCUT2D eigenvalue weighted by molar-refractivity contribution is 0.148. The van der Waals surface area contributed by atoms with Crippen LogP contribution < -0.4 is 10.1 Å². The summed E-state index contributed by atoms with van der Waals surface area (Å²) in [5, 5.41) is 21.8. The molecule has 2 rings (SSSR count). The summed E-state index contributed by atoms with van der Waals surface area (Å²) in [4.78, 5) is 0. The minimum absolute atomic E-state index is 0.254. The van der Waals surface area contributed by atoms with Gasteiger partial charge in [0, 0.05) is 18.7 Å². The SMILES string of the molecule is COc1ccc(C#N)cc1CNCC(O)C1CC1. The Morgan fingerprint density at radius 3 is 2.94 bits per heavy atom. The Bertz CT molecular complexity index is 450. The standard InChI is InChI=1S/C14H18N2O2/c1-18-14-5-2-10(7-15)6-12(14)8-16-9-13(17)11-3-4-11/h2,5-6,11,13,16-17H,3-4,8-9H2,1H3. The lowest BCUT2D eigenvalue weighted by Gasteiger charge is -2.13. The molecule has 0 radical (unpaired) electrons. The molecule has 1 unspecified atom stereocenters. The zero-order valence-corrected chi connectivity index (χ0v) is 10.5. The molecule has 0 aliphatic heterocycles. The number of aliphatic hydroxyl groups excluding tert-OH is 1. The van der Waals surface area contributed by atoms with Crippen LogP contribution in [0.5, 0.6) is 5.75 Å². The number of nitriles is 1. The molecule has 4 nitrogen and oxygen atoms in total. The van der Waals surface area contributed by atoms with Crippen LogP contribution >= 0.6 is 0 Å². The smallest absolute Gasteiger partial charge is 0.123 e. The first kappa shape index (κ1) is 12.9. The summed E-state index contributed by atoms with van der Waals surface area (Å²) < 4.78 is 5.25. The quantitative estimate of drug-likeness (QED) is 0.797. The Kier molecular flexibility index (Phi) is 4.19. The van der Waals surface area contributed by atoms with Crippen LogP contribution in [-0.4, -0.2) is 24.9 Å².